The Hall–Kier alpha value is -3.61. The van der Waals surface area contributed by atoms with Crippen LogP contribution in [0.5, 0.6) is 0 Å². The lowest BCUT2D eigenvalue weighted by Gasteiger charge is -2.34. The summed E-state index contributed by atoms with van der Waals surface area (Å²) in [4.78, 5) is 24.9. The molecule has 1 aliphatic rings. The molecule has 0 unspecified atom stereocenters. The van der Waals surface area contributed by atoms with Gasteiger partial charge in [0.2, 0.25) is 5.91 Å². The van der Waals surface area contributed by atoms with Crippen molar-refractivity contribution in [2.75, 3.05) is 43.4 Å². The highest BCUT2D eigenvalue weighted by atomic mass is 35.5. The Balaban J connectivity index is 1.66. The highest BCUT2D eigenvalue weighted by molar-refractivity contribution is 6.36. The smallest absolute Gasteiger partial charge is 0.247 e. The first-order valence-electron chi connectivity index (χ1n) is 11.7. The lowest BCUT2D eigenvalue weighted by Crippen LogP contribution is -2.44. The van der Waals surface area contributed by atoms with Crippen molar-refractivity contribution in [2.24, 2.45) is 0 Å². The zero-order chi connectivity index (χ0) is 24.5. The monoisotopic (exact) mass is 485 g/mol. The molecule has 0 atom stereocenters. The van der Waals surface area contributed by atoms with E-state index in [2.05, 4.69) is 69.0 Å². The Morgan fingerprint density at radius 3 is 2.69 bits per heavy atom. The number of aromatic nitrogens is 2. The fourth-order valence-corrected chi connectivity index (χ4v) is 4.84. The van der Waals surface area contributed by atoms with Crippen LogP contribution in [0.25, 0.3) is 33.4 Å². The third-order valence-electron chi connectivity index (χ3n) is 6.62. The molecule has 2 aromatic heterocycles. The zero-order valence-electron chi connectivity index (χ0n) is 19.9. The molecule has 0 radical (unpaired) electrons. The van der Waals surface area contributed by atoms with Crippen LogP contribution >= 0.6 is 11.6 Å². The van der Waals surface area contributed by atoms with E-state index < -0.39 is 0 Å². The molecule has 0 spiro atoms. The first kappa shape index (κ1) is 23.1. The van der Waals surface area contributed by atoms with E-state index >= 15 is 0 Å². The Kier molecular flexibility index (Phi) is 6.32. The van der Waals surface area contributed by atoms with E-state index in [-0.39, 0.29) is 5.91 Å². The number of fused-ring (bicyclic) bond motifs is 1. The minimum Gasteiger partial charge on any atom is -0.369 e. The molecule has 0 aliphatic carbocycles. The predicted molar refractivity (Wildman–Crippen MR) is 145 cm³/mol. The Morgan fingerprint density at radius 2 is 1.91 bits per heavy atom. The van der Waals surface area contributed by atoms with Crippen molar-refractivity contribution in [1.29, 1.82) is 0 Å². The fraction of sp³-hybridized carbons (Fsp3) is 0.214. The number of nitrogens with one attached hydrogen (secondary N) is 2. The number of aryl methyl sites for hydroxylation is 1. The minimum atomic E-state index is -0.246. The molecule has 7 heteroatoms. The van der Waals surface area contributed by atoms with Gasteiger partial charge in [-0.05, 0) is 55.4 Å². The number of aromatic amines is 1. The van der Waals surface area contributed by atoms with Gasteiger partial charge in [0.1, 0.15) is 5.65 Å². The third-order valence-corrected chi connectivity index (χ3v) is 6.93. The molecule has 5 rings (SSSR count). The Labute approximate surface area is 210 Å². The number of halogens is 1. The largest absolute Gasteiger partial charge is 0.369 e. The normalized spacial score (nSPS) is 14.3. The molecule has 3 heterocycles. The zero-order valence-corrected chi connectivity index (χ0v) is 20.7. The van der Waals surface area contributed by atoms with Crippen LogP contribution in [-0.2, 0) is 4.79 Å². The number of pyridine rings is 1. The topological polar surface area (TPSA) is 64.3 Å². The number of hydrogen-bond acceptors (Lipinski definition) is 4. The minimum absolute atomic E-state index is 0.246. The van der Waals surface area contributed by atoms with Crippen LogP contribution < -0.4 is 10.2 Å². The predicted octanol–water partition coefficient (Wildman–Crippen LogP) is 5.74. The summed E-state index contributed by atoms with van der Waals surface area (Å²) in [6, 6.07) is 16.4. The molecule has 1 amide bonds. The first-order valence-corrected chi connectivity index (χ1v) is 12.1. The van der Waals surface area contributed by atoms with E-state index in [1.54, 1.807) is 12.3 Å². The van der Waals surface area contributed by atoms with Gasteiger partial charge in [0.25, 0.3) is 0 Å². The summed E-state index contributed by atoms with van der Waals surface area (Å²) in [5.74, 6) is -0.246. The second-order valence-electron chi connectivity index (χ2n) is 8.96. The maximum absolute atomic E-state index is 12.0. The number of anilines is 2. The molecule has 4 aromatic rings. The standard InChI is InChI=1S/C28H28ClN5O/c1-4-24(35)31-23-17-19(9-8-18(23)2)25-26-22(29)10-11-30-28(26)32-27(25)20-6-5-7-21(16-20)34-14-12-33(3)13-15-34/h4-11,16-17H,1,12-15H2,2-3H3,(H,30,32)(H,31,35). The van der Waals surface area contributed by atoms with Crippen molar-refractivity contribution >= 4 is 39.9 Å². The van der Waals surface area contributed by atoms with Crippen molar-refractivity contribution in [2.45, 2.75) is 6.92 Å². The van der Waals surface area contributed by atoms with Crippen LogP contribution in [0, 0.1) is 6.92 Å². The van der Waals surface area contributed by atoms with E-state index in [1.807, 2.05) is 19.1 Å². The lowest BCUT2D eigenvalue weighted by molar-refractivity contribution is -0.111. The molecular weight excluding hydrogens is 458 g/mol. The van der Waals surface area contributed by atoms with E-state index in [0.29, 0.717) is 5.02 Å². The van der Waals surface area contributed by atoms with Crippen molar-refractivity contribution in [1.82, 2.24) is 14.9 Å². The summed E-state index contributed by atoms with van der Waals surface area (Å²) in [6.07, 6.45) is 2.98. The molecule has 1 fully saturated rings. The Morgan fingerprint density at radius 1 is 1.11 bits per heavy atom. The van der Waals surface area contributed by atoms with Crippen molar-refractivity contribution < 1.29 is 4.79 Å². The highest BCUT2D eigenvalue weighted by Crippen LogP contribution is 2.42. The molecule has 6 nitrogen and oxygen atoms in total. The Bertz CT molecular complexity index is 1420. The van der Waals surface area contributed by atoms with Crippen LogP contribution in [0.2, 0.25) is 5.02 Å². The van der Waals surface area contributed by atoms with Crippen LogP contribution in [0.4, 0.5) is 11.4 Å². The van der Waals surface area contributed by atoms with E-state index in [0.717, 1.165) is 70.8 Å². The SMILES string of the molecule is C=CC(=O)Nc1cc(-c2c(-c3cccc(N4CCN(C)CC4)c3)[nH]c3nccc(Cl)c23)ccc1C. The summed E-state index contributed by atoms with van der Waals surface area (Å²) < 4.78 is 0. The number of hydrogen-bond donors (Lipinski definition) is 2. The maximum atomic E-state index is 12.0. The molecule has 2 N–H and O–H groups in total. The summed E-state index contributed by atoms with van der Waals surface area (Å²) in [6.45, 7) is 9.62. The molecule has 1 aliphatic heterocycles. The molecule has 0 bridgehead atoms. The van der Waals surface area contributed by atoms with Crippen molar-refractivity contribution in [3.8, 4) is 22.4 Å². The third kappa shape index (κ3) is 4.55. The van der Waals surface area contributed by atoms with Gasteiger partial charge < -0.3 is 20.1 Å². The quantitative estimate of drug-likeness (QED) is 0.354. The van der Waals surface area contributed by atoms with Crippen molar-refractivity contribution in [3.63, 3.8) is 0 Å². The number of H-pyrrole nitrogens is 1. The summed E-state index contributed by atoms with van der Waals surface area (Å²) >= 11 is 6.70. The highest BCUT2D eigenvalue weighted by Gasteiger charge is 2.21. The van der Waals surface area contributed by atoms with Crippen molar-refractivity contribution in [3.05, 3.63) is 78.0 Å². The van der Waals surface area contributed by atoms with E-state index in [4.69, 9.17) is 11.6 Å². The van der Waals surface area contributed by atoms with Gasteiger partial charge in [-0.25, -0.2) is 4.98 Å². The molecule has 35 heavy (non-hydrogen) atoms. The van der Waals surface area contributed by atoms with Crippen LogP contribution in [0.1, 0.15) is 5.56 Å². The number of carbonyl (C=O) groups excluding carboxylic acids is 1. The lowest BCUT2D eigenvalue weighted by atomic mass is 9.97. The molecule has 2 aromatic carbocycles. The number of amides is 1. The average molecular weight is 486 g/mol. The summed E-state index contributed by atoms with van der Waals surface area (Å²) in [5, 5.41) is 4.40. The van der Waals surface area contributed by atoms with Gasteiger partial charge in [0, 0.05) is 60.3 Å². The van der Waals surface area contributed by atoms with Crippen LogP contribution in [0.3, 0.4) is 0 Å². The van der Waals surface area contributed by atoms with Crippen LogP contribution in [0.15, 0.2) is 67.4 Å². The van der Waals surface area contributed by atoms with Gasteiger partial charge >= 0.3 is 0 Å². The van der Waals surface area contributed by atoms with E-state index in [1.165, 1.54) is 11.8 Å². The summed E-state index contributed by atoms with van der Waals surface area (Å²) in [7, 11) is 2.16. The van der Waals surface area contributed by atoms with Gasteiger partial charge in [-0.3, -0.25) is 4.79 Å². The number of nitrogens with zero attached hydrogens (tertiary/aromatic N) is 3. The molecule has 178 valence electrons. The number of likely N-dealkylation sites (N-methyl/N-ethyl adjacent to an activating group) is 1. The number of rotatable bonds is 5. The summed E-state index contributed by atoms with van der Waals surface area (Å²) in [5.41, 5.74) is 7.53. The fourth-order valence-electron chi connectivity index (χ4n) is 4.60. The van der Waals surface area contributed by atoms with Gasteiger partial charge in [-0.2, -0.15) is 0 Å². The second kappa shape index (κ2) is 9.56. The van der Waals surface area contributed by atoms with Gasteiger partial charge in [-0.1, -0.05) is 42.4 Å². The molecule has 0 saturated carbocycles. The first-order chi connectivity index (χ1) is 16.9. The maximum Gasteiger partial charge on any atom is 0.247 e. The van der Waals surface area contributed by atoms with E-state index in [9.17, 15) is 4.79 Å². The molecular formula is C28H28ClN5O. The average Bonchev–Trinajstić information content (AvgIpc) is 3.27. The molecule has 1 saturated heterocycles. The van der Waals surface area contributed by atoms with Gasteiger partial charge in [0.05, 0.1) is 10.7 Å². The second-order valence-corrected chi connectivity index (χ2v) is 9.36. The van der Waals surface area contributed by atoms with Gasteiger partial charge in [0.15, 0.2) is 0 Å². The number of carbonyl (C=O) groups is 1. The van der Waals surface area contributed by atoms with Crippen LogP contribution in [-0.4, -0.2) is 54.0 Å². The van der Waals surface area contributed by atoms with Gasteiger partial charge in [-0.15, -0.1) is 0 Å². The number of piperazine rings is 1. The number of benzene rings is 2.